The molecule has 0 aromatic heterocycles. The topological polar surface area (TPSA) is 32.3 Å². The van der Waals surface area contributed by atoms with Gasteiger partial charge in [0.05, 0.1) is 5.92 Å². The van der Waals surface area contributed by atoms with Gasteiger partial charge in [0.2, 0.25) is 5.91 Å². The summed E-state index contributed by atoms with van der Waals surface area (Å²) in [5.41, 5.74) is 2.84. The van der Waals surface area contributed by atoms with E-state index in [0.29, 0.717) is 12.1 Å². The summed E-state index contributed by atoms with van der Waals surface area (Å²) in [7, 11) is 0. The van der Waals surface area contributed by atoms with Gasteiger partial charge in [-0.15, -0.1) is 6.58 Å². The quantitative estimate of drug-likeness (QED) is 0.783. The van der Waals surface area contributed by atoms with E-state index in [4.69, 9.17) is 0 Å². The average Bonchev–Trinajstić information content (AvgIpc) is 2.69. The molecule has 4 heteroatoms. The van der Waals surface area contributed by atoms with Crippen molar-refractivity contribution in [3.8, 4) is 0 Å². The Morgan fingerprint density at radius 2 is 2.04 bits per heavy atom. The second-order valence-electron chi connectivity index (χ2n) is 7.35. The first-order chi connectivity index (χ1) is 13.1. The van der Waals surface area contributed by atoms with Gasteiger partial charge in [0.1, 0.15) is 5.82 Å². The second kappa shape index (κ2) is 8.96. The lowest BCUT2D eigenvalue weighted by molar-refractivity contribution is -0.127. The Kier molecular flexibility index (Phi) is 6.40. The molecule has 1 aliphatic heterocycles. The summed E-state index contributed by atoms with van der Waals surface area (Å²) in [6.07, 6.45) is 2.65. The van der Waals surface area contributed by atoms with Crippen molar-refractivity contribution in [1.82, 2.24) is 10.2 Å². The number of halogens is 1. The summed E-state index contributed by atoms with van der Waals surface area (Å²) in [5.74, 6) is 0.0226. The van der Waals surface area contributed by atoms with Crippen molar-refractivity contribution in [3.63, 3.8) is 0 Å². The number of aryl methyl sites for hydroxylation is 1. The Morgan fingerprint density at radius 3 is 2.74 bits per heavy atom. The number of hydrogen-bond acceptors (Lipinski definition) is 2. The van der Waals surface area contributed by atoms with Crippen molar-refractivity contribution >= 4 is 5.91 Å². The Labute approximate surface area is 160 Å². The third-order valence-electron chi connectivity index (χ3n) is 5.25. The van der Waals surface area contributed by atoms with Crippen LogP contribution in [0.5, 0.6) is 0 Å². The number of nitrogens with one attached hydrogen (secondary N) is 1. The maximum Gasteiger partial charge on any atom is 0.224 e. The van der Waals surface area contributed by atoms with Crippen molar-refractivity contribution in [2.24, 2.45) is 5.92 Å². The largest absolute Gasteiger partial charge is 0.352 e. The van der Waals surface area contributed by atoms with Gasteiger partial charge >= 0.3 is 0 Å². The van der Waals surface area contributed by atoms with Crippen molar-refractivity contribution in [3.05, 3.63) is 83.7 Å². The van der Waals surface area contributed by atoms with Crippen LogP contribution in [-0.2, 0) is 11.3 Å². The van der Waals surface area contributed by atoms with Crippen LogP contribution in [0.2, 0.25) is 0 Å². The third kappa shape index (κ3) is 5.04. The minimum Gasteiger partial charge on any atom is -0.352 e. The number of piperidine rings is 1. The van der Waals surface area contributed by atoms with Crippen LogP contribution in [0.15, 0.2) is 61.2 Å². The molecule has 1 aliphatic rings. The molecule has 2 aromatic carbocycles. The molecule has 3 nitrogen and oxygen atoms in total. The van der Waals surface area contributed by atoms with Gasteiger partial charge in [0.25, 0.3) is 0 Å². The van der Waals surface area contributed by atoms with Gasteiger partial charge < -0.3 is 5.32 Å². The van der Waals surface area contributed by atoms with Crippen molar-refractivity contribution < 1.29 is 9.18 Å². The minimum absolute atomic E-state index is 0.0800. The lowest BCUT2D eigenvalue weighted by Gasteiger charge is -2.37. The molecular formula is C23H27FN2O. The predicted octanol–water partition coefficient (Wildman–Crippen LogP) is 4.04. The molecular weight excluding hydrogens is 339 g/mol. The van der Waals surface area contributed by atoms with Crippen LogP contribution in [0.3, 0.4) is 0 Å². The maximum atomic E-state index is 13.6. The molecule has 2 aromatic rings. The van der Waals surface area contributed by atoms with Gasteiger partial charge in [0.15, 0.2) is 0 Å². The van der Waals surface area contributed by atoms with E-state index in [1.54, 1.807) is 6.92 Å². The molecule has 0 saturated carbocycles. The summed E-state index contributed by atoms with van der Waals surface area (Å²) in [4.78, 5) is 15.1. The highest BCUT2D eigenvalue weighted by atomic mass is 19.1. The number of benzene rings is 2. The fourth-order valence-electron chi connectivity index (χ4n) is 3.80. The Morgan fingerprint density at radius 1 is 1.26 bits per heavy atom. The van der Waals surface area contributed by atoms with E-state index in [1.807, 2.05) is 48.5 Å². The van der Waals surface area contributed by atoms with Crippen molar-refractivity contribution in [2.75, 3.05) is 19.6 Å². The zero-order valence-corrected chi connectivity index (χ0v) is 15.8. The summed E-state index contributed by atoms with van der Waals surface area (Å²) in [5, 5.41) is 3.07. The van der Waals surface area contributed by atoms with Gasteiger partial charge in [-0.25, -0.2) is 4.39 Å². The molecule has 2 unspecified atom stereocenters. The molecule has 0 bridgehead atoms. The molecule has 1 saturated heterocycles. The van der Waals surface area contributed by atoms with E-state index in [-0.39, 0.29) is 23.6 Å². The van der Waals surface area contributed by atoms with Gasteiger partial charge in [-0.1, -0.05) is 48.5 Å². The molecule has 3 rings (SSSR count). The molecule has 0 spiro atoms. The number of amides is 1. The highest BCUT2D eigenvalue weighted by Gasteiger charge is 2.32. The SMILES string of the molecule is C=CCN1CC(C(=O)NCc2ccccc2)CC(c2ccc(F)c(C)c2)C1. The molecule has 1 heterocycles. The van der Waals surface area contributed by atoms with E-state index in [1.165, 1.54) is 6.07 Å². The first-order valence-corrected chi connectivity index (χ1v) is 9.47. The lowest BCUT2D eigenvalue weighted by atomic mass is 9.83. The summed E-state index contributed by atoms with van der Waals surface area (Å²) < 4.78 is 13.6. The molecule has 2 atom stereocenters. The lowest BCUT2D eigenvalue weighted by Crippen LogP contribution is -2.45. The Hall–Kier alpha value is -2.46. The fourth-order valence-corrected chi connectivity index (χ4v) is 3.80. The van der Waals surface area contributed by atoms with Gasteiger partial charge in [-0.05, 0) is 42.0 Å². The number of nitrogens with zero attached hydrogens (tertiary/aromatic N) is 1. The maximum absolute atomic E-state index is 13.6. The number of rotatable bonds is 6. The highest BCUT2D eigenvalue weighted by molar-refractivity contribution is 5.79. The predicted molar refractivity (Wildman–Crippen MR) is 107 cm³/mol. The first-order valence-electron chi connectivity index (χ1n) is 9.47. The van der Waals surface area contributed by atoms with E-state index in [2.05, 4.69) is 16.8 Å². The van der Waals surface area contributed by atoms with Crippen molar-refractivity contribution in [1.29, 1.82) is 0 Å². The smallest absolute Gasteiger partial charge is 0.224 e. The second-order valence-corrected chi connectivity index (χ2v) is 7.35. The average molecular weight is 366 g/mol. The third-order valence-corrected chi connectivity index (χ3v) is 5.25. The van der Waals surface area contributed by atoms with Crippen LogP contribution in [0, 0.1) is 18.7 Å². The minimum atomic E-state index is -0.185. The molecule has 1 N–H and O–H groups in total. The normalized spacial score (nSPS) is 20.2. The molecule has 1 fully saturated rings. The van der Waals surface area contributed by atoms with Crippen LogP contribution in [0.25, 0.3) is 0 Å². The van der Waals surface area contributed by atoms with Gasteiger partial charge in [-0.2, -0.15) is 0 Å². The van der Waals surface area contributed by atoms with E-state index >= 15 is 0 Å². The Bertz CT molecular complexity index is 790. The van der Waals surface area contributed by atoms with Crippen LogP contribution < -0.4 is 5.32 Å². The Balaban J connectivity index is 1.70. The summed E-state index contributed by atoms with van der Waals surface area (Å²) >= 11 is 0. The zero-order chi connectivity index (χ0) is 19.2. The van der Waals surface area contributed by atoms with Crippen molar-refractivity contribution in [2.45, 2.75) is 25.8 Å². The van der Waals surface area contributed by atoms with Gasteiger partial charge in [0, 0.05) is 26.2 Å². The molecule has 27 heavy (non-hydrogen) atoms. The van der Waals surface area contributed by atoms with E-state index < -0.39 is 0 Å². The van der Waals surface area contributed by atoms with Crippen LogP contribution in [0.1, 0.15) is 29.0 Å². The van der Waals surface area contributed by atoms with E-state index in [0.717, 1.165) is 37.2 Å². The standard InChI is InChI=1S/C23H27FN2O/c1-3-11-26-15-20(19-9-10-22(24)17(2)12-19)13-21(16-26)23(27)25-14-18-7-5-4-6-8-18/h3-10,12,20-21H,1,11,13-16H2,2H3,(H,25,27). The van der Waals surface area contributed by atoms with Crippen LogP contribution in [0.4, 0.5) is 4.39 Å². The first kappa shape index (κ1) is 19.3. The number of hydrogen-bond donors (Lipinski definition) is 1. The fraction of sp³-hybridized carbons (Fsp3) is 0.348. The number of carbonyl (C=O) groups excluding carboxylic acids is 1. The number of carbonyl (C=O) groups is 1. The summed E-state index contributed by atoms with van der Waals surface area (Å²) in [6.45, 7) is 8.49. The highest BCUT2D eigenvalue weighted by Crippen LogP contribution is 2.31. The monoisotopic (exact) mass is 366 g/mol. The molecule has 0 aliphatic carbocycles. The van der Waals surface area contributed by atoms with E-state index in [9.17, 15) is 9.18 Å². The van der Waals surface area contributed by atoms with Crippen LogP contribution in [-0.4, -0.2) is 30.4 Å². The van der Waals surface area contributed by atoms with Gasteiger partial charge in [-0.3, -0.25) is 9.69 Å². The molecule has 142 valence electrons. The van der Waals surface area contributed by atoms with Crippen LogP contribution >= 0.6 is 0 Å². The molecule has 0 radical (unpaired) electrons. The number of likely N-dealkylation sites (tertiary alicyclic amines) is 1. The molecule has 1 amide bonds. The summed E-state index contributed by atoms with van der Waals surface area (Å²) in [6, 6.07) is 15.2. The zero-order valence-electron chi connectivity index (χ0n) is 15.8.